The van der Waals surface area contributed by atoms with Gasteiger partial charge in [-0.25, -0.2) is 4.98 Å². The Morgan fingerprint density at radius 2 is 1.97 bits per heavy atom. The molecule has 176 valence electrons. The van der Waals surface area contributed by atoms with Crippen LogP contribution in [0.1, 0.15) is 68.6 Å². The Kier molecular flexibility index (Phi) is 6.56. The third kappa shape index (κ3) is 4.47. The second-order valence-electron chi connectivity index (χ2n) is 9.22. The number of nitrogens with zero attached hydrogens (tertiary/aromatic N) is 4. The van der Waals surface area contributed by atoms with Gasteiger partial charge < -0.3 is 0 Å². The summed E-state index contributed by atoms with van der Waals surface area (Å²) in [5.74, 6) is 1.42. The van der Waals surface area contributed by atoms with E-state index >= 15 is 0 Å². The van der Waals surface area contributed by atoms with E-state index in [9.17, 15) is 9.59 Å². The van der Waals surface area contributed by atoms with Crippen LogP contribution in [0.3, 0.4) is 0 Å². The Morgan fingerprint density at radius 3 is 2.76 bits per heavy atom. The molecule has 3 heterocycles. The van der Waals surface area contributed by atoms with Crippen molar-refractivity contribution in [1.29, 1.82) is 0 Å². The summed E-state index contributed by atoms with van der Waals surface area (Å²) in [7, 11) is 0. The number of hydrogen-bond donors (Lipinski definition) is 2. The molecule has 2 aliphatic rings. The number of amides is 2. The van der Waals surface area contributed by atoms with Crippen molar-refractivity contribution in [1.82, 2.24) is 30.4 Å². The van der Waals surface area contributed by atoms with Crippen molar-refractivity contribution in [3.63, 3.8) is 0 Å². The van der Waals surface area contributed by atoms with Crippen molar-refractivity contribution < 1.29 is 9.59 Å². The van der Waals surface area contributed by atoms with Gasteiger partial charge in [-0.15, -0.1) is 21.5 Å². The topological polar surface area (TPSA) is 101 Å². The summed E-state index contributed by atoms with van der Waals surface area (Å²) in [4.78, 5) is 32.1. The molecule has 8 nitrogen and oxygen atoms in total. The van der Waals surface area contributed by atoms with Crippen molar-refractivity contribution in [2.45, 2.75) is 76.8 Å². The minimum Gasteiger partial charge on any atom is -0.273 e. The van der Waals surface area contributed by atoms with Crippen LogP contribution in [-0.2, 0) is 28.9 Å². The highest BCUT2D eigenvalue weighted by atomic mass is 32.2. The second kappa shape index (κ2) is 9.58. The molecule has 2 aliphatic carbocycles. The summed E-state index contributed by atoms with van der Waals surface area (Å²) in [6, 6.07) is 0. The predicted molar refractivity (Wildman–Crippen MR) is 130 cm³/mol. The Hall–Kier alpha value is -2.20. The minimum atomic E-state index is -0.255. The van der Waals surface area contributed by atoms with E-state index in [-0.39, 0.29) is 23.5 Å². The van der Waals surface area contributed by atoms with Gasteiger partial charge in [0.2, 0.25) is 11.8 Å². The van der Waals surface area contributed by atoms with Crippen molar-refractivity contribution in [2.24, 2.45) is 11.8 Å². The molecule has 10 heteroatoms. The standard InChI is InChI=1S/C23H30N6O2S2/c1-3-17-24-22-19(15-10-9-13(2)11-16(15)33-22)20-26-28-23(29(17)20)32-12-18(30)25-27-21(31)14-7-5-4-6-8-14/h13-14H,3-12H2,1-2H3,(H,25,30)(H,27,31)/t13-/m1/s1. The molecule has 0 bridgehead atoms. The van der Waals surface area contributed by atoms with Gasteiger partial charge in [0.1, 0.15) is 10.7 Å². The third-order valence-corrected chi connectivity index (χ3v) is 8.87. The van der Waals surface area contributed by atoms with Gasteiger partial charge >= 0.3 is 0 Å². The average molecular weight is 487 g/mol. The fourth-order valence-corrected chi connectivity index (χ4v) is 7.12. The number of nitrogens with one attached hydrogen (secondary N) is 2. The molecule has 0 aromatic carbocycles. The molecule has 33 heavy (non-hydrogen) atoms. The smallest absolute Gasteiger partial charge is 0.248 e. The molecule has 2 amide bonds. The zero-order valence-electron chi connectivity index (χ0n) is 19.1. The second-order valence-corrected chi connectivity index (χ2v) is 11.2. The summed E-state index contributed by atoms with van der Waals surface area (Å²) in [6.07, 6.45) is 9.23. The van der Waals surface area contributed by atoms with E-state index in [4.69, 9.17) is 4.98 Å². The SMILES string of the molecule is CCc1nc2sc3c(c2c2nnc(SCC(=O)NNC(=O)C4CCCCC4)n12)CC[C@@H](C)C3. The number of thioether (sulfide) groups is 1. The summed E-state index contributed by atoms with van der Waals surface area (Å²) in [6.45, 7) is 4.38. The zero-order valence-corrected chi connectivity index (χ0v) is 20.8. The first-order chi connectivity index (χ1) is 16.0. The Morgan fingerprint density at radius 1 is 1.15 bits per heavy atom. The number of hydrazine groups is 1. The fourth-order valence-electron chi connectivity index (χ4n) is 4.97. The summed E-state index contributed by atoms with van der Waals surface area (Å²) in [5, 5.41) is 10.7. The number of hydrogen-bond acceptors (Lipinski definition) is 7. The van der Waals surface area contributed by atoms with Gasteiger partial charge in [-0.2, -0.15) is 0 Å². The lowest BCUT2D eigenvalue weighted by Gasteiger charge is -2.20. The summed E-state index contributed by atoms with van der Waals surface area (Å²) >= 11 is 3.11. The van der Waals surface area contributed by atoms with Crippen LogP contribution in [0.4, 0.5) is 0 Å². The lowest BCUT2D eigenvalue weighted by Crippen LogP contribution is -2.45. The van der Waals surface area contributed by atoms with Gasteiger partial charge in [0.05, 0.1) is 11.1 Å². The molecule has 0 spiro atoms. The molecular formula is C23H30N6O2S2. The molecule has 0 radical (unpaired) electrons. The van der Waals surface area contributed by atoms with E-state index in [0.717, 1.165) is 66.6 Å². The van der Waals surface area contributed by atoms with Crippen LogP contribution >= 0.6 is 23.1 Å². The maximum Gasteiger partial charge on any atom is 0.248 e. The lowest BCUT2D eigenvalue weighted by atomic mass is 9.89. The first-order valence-electron chi connectivity index (χ1n) is 11.9. The van der Waals surface area contributed by atoms with Crippen molar-refractivity contribution in [3.8, 4) is 0 Å². The van der Waals surface area contributed by atoms with Crippen LogP contribution in [0.25, 0.3) is 15.9 Å². The molecule has 1 saturated carbocycles. The number of fused-ring (bicyclic) bond motifs is 5. The number of rotatable bonds is 5. The van der Waals surface area contributed by atoms with E-state index in [0.29, 0.717) is 11.1 Å². The fraction of sp³-hybridized carbons (Fsp3) is 0.609. The monoisotopic (exact) mass is 486 g/mol. The normalized spacial score (nSPS) is 19.0. The molecule has 0 unspecified atom stereocenters. The van der Waals surface area contributed by atoms with Crippen LogP contribution < -0.4 is 10.9 Å². The molecule has 1 fully saturated rings. The number of aryl methyl sites for hydroxylation is 2. The molecule has 1 atom stereocenters. The number of carbonyl (C=O) groups excluding carboxylic acids is 2. The van der Waals surface area contributed by atoms with Gasteiger partial charge in [0, 0.05) is 17.2 Å². The minimum absolute atomic E-state index is 0.00673. The van der Waals surface area contributed by atoms with Gasteiger partial charge in [0.15, 0.2) is 10.8 Å². The highest BCUT2D eigenvalue weighted by Crippen LogP contribution is 2.39. The number of thiophene rings is 1. The zero-order chi connectivity index (χ0) is 22.9. The largest absolute Gasteiger partial charge is 0.273 e. The van der Waals surface area contributed by atoms with E-state index in [1.54, 1.807) is 11.3 Å². The van der Waals surface area contributed by atoms with E-state index in [1.165, 1.54) is 35.0 Å². The lowest BCUT2D eigenvalue weighted by molar-refractivity contribution is -0.131. The van der Waals surface area contributed by atoms with Crippen LogP contribution in [0, 0.1) is 11.8 Å². The first-order valence-corrected chi connectivity index (χ1v) is 13.7. The summed E-state index contributed by atoms with van der Waals surface area (Å²) < 4.78 is 2.01. The van der Waals surface area contributed by atoms with Gasteiger partial charge in [-0.1, -0.05) is 44.9 Å². The predicted octanol–water partition coefficient (Wildman–Crippen LogP) is 3.85. The Bertz CT molecular complexity index is 1200. The average Bonchev–Trinajstić information content (AvgIpc) is 3.41. The third-order valence-electron chi connectivity index (χ3n) is 6.79. The van der Waals surface area contributed by atoms with E-state index in [1.807, 2.05) is 4.40 Å². The molecule has 0 saturated heterocycles. The Labute approximate surface area is 201 Å². The number of aromatic nitrogens is 4. The quantitative estimate of drug-likeness (QED) is 0.420. The highest BCUT2D eigenvalue weighted by Gasteiger charge is 2.26. The van der Waals surface area contributed by atoms with Crippen LogP contribution in [0.5, 0.6) is 0 Å². The van der Waals surface area contributed by atoms with Crippen molar-refractivity contribution in [3.05, 3.63) is 16.3 Å². The molecule has 3 aromatic rings. The van der Waals surface area contributed by atoms with Gasteiger partial charge in [-0.05, 0) is 43.6 Å². The van der Waals surface area contributed by atoms with Gasteiger partial charge in [0.25, 0.3) is 0 Å². The van der Waals surface area contributed by atoms with Gasteiger partial charge in [-0.3, -0.25) is 24.8 Å². The molecule has 3 aromatic heterocycles. The van der Waals surface area contributed by atoms with Crippen molar-refractivity contribution >= 4 is 50.8 Å². The van der Waals surface area contributed by atoms with Crippen molar-refractivity contribution in [2.75, 3.05) is 5.75 Å². The van der Waals surface area contributed by atoms with E-state index < -0.39 is 0 Å². The molecule has 2 N–H and O–H groups in total. The van der Waals surface area contributed by atoms with Crippen LogP contribution in [0.2, 0.25) is 0 Å². The Balaban J connectivity index is 1.32. The van der Waals surface area contributed by atoms with Crippen LogP contribution in [-0.4, -0.2) is 37.1 Å². The number of carbonyl (C=O) groups is 2. The maximum absolute atomic E-state index is 12.4. The molecule has 5 rings (SSSR count). The maximum atomic E-state index is 12.4. The first kappa shape index (κ1) is 22.6. The van der Waals surface area contributed by atoms with Crippen LogP contribution in [0.15, 0.2) is 5.16 Å². The molecule has 0 aliphatic heterocycles. The summed E-state index contributed by atoms with van der Waals surface area (Å²) in [5.41, 5.74) is 7.37. The highest BCUT2D eigenvalue weighted by molar-refractivity contribution is 7.99. The molecular weight excluding hydrogens is 456 g/mol. The van der Waals surface area contributed by atoms with E-state index in [2.05, 4.69) is 34.9 Å².